The van der Waals surface area contributed by atoms with Crippen LogP contribution >= 0.6 is 0 Å². The monoisotopic (exact) mass is 509 g/mol. The van der Waals surface area contributed by atoms with Gasteiger partial charge in [0.1, 0.15) is 13.1 Å². The summed E-state index contributed by atoms with van der Waals surface area (Å²) in [6.45, 7) is 1.65. The maximum absolute atomic E-state index is 13.5. The average molecular weight is 509 g/mol. The van der Waals surface area contributed by atoms with E-state index in [0.29, 0.717) is 22.4 Å². The highest BCUT2D eigenvalue weighted by Crippen LogP contribution is 2.30. The van der Waals surface area contributed by atoms with Crippen molar-refractivity contribution in [3.63, 3.8) is 0 Å². The van der Waals surface area contributed by atoms with Gasteiger partial charge in [-0.2, -0.15) is 18.3 Å². The summed E-state index contributed by atoms with van der Waals surface area (Å²) in [5.41, 5.74) is 4.73. The van der Waals surface area contributed by atoms with E-state index >= 15 is 0 Å². The second kappa shape index (κ2) is 8.87. The number of benzene rings is 1. The zero-order valence-electron chi connectivity index (χ0n) is 20.2. The molecule has 0 radical (unpaired) electrons. The third-order valence-electron chi connectivity index (χ3n) is 6.19. The Labute approximate surface area is 208 Å². The predicted molar refractivity (Wildman–Crippen MR) is 131 cm³/mol. The highest BCUT2D eigenvalue weighted by Gasteiger charge is 2.28. The fourth-order valence-electron chi connectivity index (χ4n) is 4.47. The number of hydrogen-bond donors (Lipinski definition) is 1. The summed E-state index contributed by atoms with van der Waals surface area (Å²) in [5.74, 6) is -0.915. The number of carbonyl (C=O) groups is 1. The molecule has 0 fully saturated rings. The van der Waals surface area contributed by atoms with Gasteiger partial charge in [0.15, 0.2) is 0 Å². The van der Waals surface area contributed by atoms with Crippen molar-refractivity contribution in [2.24, 2.45) is 7.05 Å². The van der Waals surface area contributed by atoms with E-state index in [1.54, 1.807) is 47.7 Å². The number of nitrogens with one attached hydrogen (secondary N) is 1. The lowest BCUT2D eigenvalue weighted by molar-refractivity contribution is -0.138. The number of halogens is 3. The number of aryl methyl sites for hydroxylation is 3. The van der Waals surface area contributed by atoms with E-state index in [1.165, 1.54) is 4.57 Å². The Balaban J connectivity index is 1.60. The molecule has 0 aliphatic rings. The minimum Gasteiger partial charge on any atom is -0.345 e. The number of rotatable bonds is 5. The zero-order valence-corrected chi connectivity index (χ0v) is 20.2. The van der Waals surface area contributed by atoms with E-state index in [2.05, 4.69) is 15.1 Å². The van der Waals surface area contributed by atoms with E-state index in [9.17, 15) is 22.8 Å². The predicted octanol–water partition coefficient (Wildman–Crippen LogP) is 3.43. The van der Waals surface area contributed by atoms with Gasteiger partial charge in [-0.1, -0.05) is 12.1 Å². The molecule has 0 aliphatic carbocycles. The Morgan fingerprint density at radius 2 is 1.84 bits per heavy atom. The zero-order chi connectivity index (χ0) is 26.5. The first-order valence-corrected chi connectivity index (χ1v) is 11.3. The van der Waals surface area contributed by atoms with Crippen molar-refractivity contribution in [3.8, 4) is 16.9 Å². The second-order valence-electron chi connectivity index (χ2n) is 8.79. The Morgan fingerprint density at radius 1 is 1.05 bits per heavy atom. The van der Waals surface area contributed by atoms with Crippen LogP contribution in [0.2, 0.25) is 0 Å². The summed E-state index contributed by atoms with van der Waals surface area (Å²) in [4.78, 5) is 34.7. The van der Waals surface area contributed by atoms with Crippen LogP contribution in [0, 0.1) is 13.8 Å². The number of fused-ring (bicyclic) bond motifs is 2. The first-order chi connectivity index (χ1) is 17.5. The van der Waals surface area contributed by atoms with Gasteiger partial charge in [-0.05, 0) is 37.1 Å². The fourth-order valence-corrected chi connectivity index (χ4v) is 4.47. The molecule has 12 heteroatoms. The van der Waals surface area contributed by atoms with E-state index < -0.39 is 30.9 Å². The van der Waals surface area contributed by atoms with Gasteiger partial charge in [0, 0.05) is 24.2 Å². The lowest BCUT2D eigenvalue weighted by Gasteiger charge is -2.10. The molecule has 0 saturated carbocycles. The quantitative estimate of drug-likeness (QED) is 0.391. The normalized spacial score (nSPS) is 11.9. The summed E-state index contributed by atoms with van der Waals surface area (Å²) in [7, 11) is 1.82. The molecule has 37 heavy (non-hydrogen) atoms. The standard InChI is InChI=1S/C25H22F3N7O2/c1-14-5-4-6-19-23(14)35(24(37)34(19)12-21(36)31-13-25(26,27)28)16-7-15(2)22(30-8-16)18-9-29-11-20-17(18)10-32-33(20)3/h4-11H,12-13H2,1-3H3,(H,31,36). The van der Waals surface area contributed by atoms with Crippen molar-refractivity contribution in [2.45, 2.75) is 26.6 Å². The van der Waals surface area contributed by atoms with Crippen LogP contribution in [-0.4, -0.2) is 47.5 Å². The molecule has 4 heterocycles. The van der Waals surface area contributed by atoms with E-state index in [0.717, 1.165) is 32.2 Å². The number of hydrogen-bond acceptors (Lipinski definition) is 5. The average Bonchev–Trinajstić information content (AvgIpc) is 3.36. The van der Waals surface area contributed by atoms with Crippen molar-refractivity contribution in [1.82, 2.24) is 34.2 Å². The van der Waals surface area contributed by atoms with Gasteiger partial charge in [-0.25, -0.2) is 4.79 Å². The summed E-state index contributed by atoms with van der Waals surface area (Å²) >= 11 is 0. The molecule has 1 aromatic carbocycles. The third kappa shape index (κ3) is 4.34. The number of alkyl halides is 3. The highest BCUT2D eigenvalue weighted by molar-refractivity contribution is 5.93. The number of pyridine rings is 2. The van der Waals surface area contributed by atoms with Crippen molar-refractivity contribution in [3.05, 3.63) is 70.7 Å². The van der Waals surface area contributed by atoms with Gasteiger partial charge >= 0.3 is 11.9 Å². The topological polar surface area (TPSA) is 99.6 Å². The smallest absolute Gasteiger partial charge is 0.345 e. The van der Waals surface area contributed by atoms with Gasteiger partial charge in [0.05, 0.1) is 46.5 Å². The number of amides is 1. The highest BCUT2D eigenvalue weighted by atomic mass is 19.4. The molecular weight excluding hydrogens is 487 g/mol. The van der Waals surface area contributed by atoms with Gasteiger partial charge in [-0.15, -0.1) is 0 Å². The van der Waals surface area contributed by atoms with Crippen LogP contribution in [-0.2, 0) is 18.4 Å². The molecule has 9 nitrogen and oxygen atoms in total. The molecule has 0 spiro atoms. The fraction of sp³-hybridized carbons (Fsp3) is 0.240. The molecule has 0 atom stereocenters. The molecule has 5 rings (SSSR count). The Morgan fingerprint density at radius 3 is 2.57 bits per heavy atom. The van der Waals surface area contributed by atoms with Gasteiger partial charge in [0.25, 0.3) is 0 Å². The largest absolute Gasteiger partial charge is 0.405 e. The third-order valence-corrected chi connectivity index (χ3v) is 6.19. The molecule has 0 aliphatic heterocycles. The SMILES string of the molecule is Cc1cc(-n2c(=O)n(CC(=O)NCC(F)(F)F)c3cccc(C)c32)cnc1-c1cncc2c1cnn2C. The number of imidazole rings is 1. The van der Waals surface area contributed by atoms with E-state index in [-0.39, 0.29) is 0 Å². The maximum atomic E-state index is 13.5. The van der Waals surface area contributed by atoms with E-state index in [4.69, 9.17) is 0 Å². The molecule has 190 valence electrons. The summed E-state index contributed by atoms with van der Waals surface area (Å²) < 4.78 is 41.9. The van der Waals surface area contributed by atoms with Crippen LogP contribution < -0.4 is 11.0 Å². The second-order valence-corrected chi connectivity index (χ2v) is 8.79. The van der Waals surface area contributed by atoms with Gasteiger partial charge in [-0.3, -0.25) is 28.6 Å². The minimum atomic E-state index is -4.55. The van der Waals surface area contributed by atoms with Crippen LogP contribution in [0.3, 0.4) is 0 Å². The summed E-state index contributed by atoms with van der Waals surface area (Å²) in [6.07, 6.45) is 2.18. The molecule has 5 aromatic rings. The summed E-state index contributed by atoms with van der Waals surface area (Å²) in [6, 6.07) is 7.00. The molecule has 0 saturated heterocycles. The minimum absolute atomic E-state index is 0.429. The number of aromatic nitrogens is 6. The first-order valence-electron chi connectivity index (χ1n) is 11.3. The molecule has 4 aromatic heterocycles. The number of carbonyl (C=O) groups excluding carboxylic acids is 1. The van der Waals surface area contributed by atoms with Crippen LogP contribution in [0.5, 0.6) is 0 Å². The lowest BCUT2D eigenvalue weighted by atomic mass is 10.1. The van der Waals surface area contributed by atoms with Crippen LogP contribution in [0.4, 0.5) is 13.2 Å². The van der Waals surface area contributed by atoms with E-state index in [1.807, 2.05) is 32.3 Å². The van der Waals surface area contributed by atoms with Crippen molar-refractivity contribution in [1.29, 1.82) is 0 Å². The van der Waals surface area contributed by atoms with Crippen LogP contribution in [0.25, 0.3) is 38.9 Å². The molecule has 1 amide bonds. The first kappa shape index (κ1) is 24.2. The van der Waals surface area contributed by atoms with Crippen LogP contribution in [0.15, 0.2) is 53.8 Å². The number of para-hydroxylation sites is 1. The Kier molecular flexibility index (Phi) is 5.81. The maximum Gasteiger partial charge on any atom is 0.405 e. The Hall–Kier alpha value is -4.48. The van der Waals surface area contributed by atoms with Crippen molar-refractivity contribution in [2.75, 3.05) is 6.54 Å². The van der Waals surface area contributed by atoms with Crippen molar-refractivity contribution >= 4 is 27.8 Å². The van der Waals surface area contributed by atoms with Gasteiger partial charge < -0.3 is 5.32 Å². The molecule has 0 unspecified atom stereocenters. The van der Waals surface area contributed by atoms with Crippen LogP contribution in [0.1, 0.15) is 11.1 Å². The molecule has 0 bridgehead atoms. The lowest BCUT2D eigenvalue weighted by Crippen LogP contribution is -2.37. The number of nitrogens with zero attached hydrogens (tertiary/aromatic N) is 6. The van der Waals surface area contributed by atoms with Gasteiger partial charge in [0.2, 0.25) is 5.91 Å². The molecular formula is C25H22F3N7O2. The Bertz CT molecular complexity index is 1730. The molecule has 1 N–H and O–H groups in total. The summed E-state index contributed by atoms with van der Waals surface area (Å²) in [5, 5.41) is 6.99. The van der Waals surface area contributed by atoms with Crippen molar-refractivity contribution < 1.29 is 18.0 Å².